The smallest absolute Gasteiger partial charge is 0.343 e. The number of aryl methyl sites for hydroxylation is 1. The number of nitrogens with zero attached hydrogens (tertiary/aromatic N) is 2. The number of hydrogen-bond acceptors (Lipinski definition) is 6. The zero-order chi connectivity index (χ0) is 21.9. The van der Waals surface area contributed by atoms with E-state index in [0.717, 1.165) is 22.0 Å². The lowest BCUT2D eigenvalue weighted by atomic mass is 9.85. The Hall–Kier alpha value is -3.26. The van der Waals surface area contributed by atoms with Crippen molar-refractivity contribution in [1.82, 2.24) is 9.55 Å². The van der Waals surface area contributed by atoms with Crippen LogP contribution >= 0.6 is 0 Å². The summed E-state index contributed by atoms with van der Waals surface area (Å²) in [5, 5.41) is 11.8. The number of halogens is 1. The number of alkyl halides is 1. The highest BCUT2D eigenvalue weighted by Crippen LogP contribution is 2.41. The lowest BCUT2D eigenvalue weighted by Gasteiger charge is -2.32. The largest absolute Gasteiger partial charge is 0.496 e. The molecular formula is C23H21FN2O5. The highest BCUT2D eigenvalue weighted by atomic mass is 19.1. The molecule has 0 spiro atoms. The predicted molar refractivity (Wildman–Crippen MR) is 111 cm³/mol. The fourth-order valence-electron chi connectivity index (χ4n) is 4.79. The second-order valence-electron chi connectivity index (χ2n) is 7.81. The van der Waals surface area contributed by atoms with Gasteiger partial charge < -0.3 is 19.1 Å². The van der Waals surface area contributed by atoms with Crippen molar-refractivity contribution in [2.75, 3.05) is 13.8 Å². The fourth-order valence-corrected chi connectivity index (χ4v) is 4.79. The molecule has 5 rings (SSSR count). The molecule has 160 valence electrons. The van der Waals surface area contributed by atoms with Gasteiger partial charge in [0.15, 0.2) is 5.60 Å². The highest BCUT2D eigenvalue weighted by Gasteiger charge is 2.46. The van der Waals surface area contributed by atoms with Crippen molar-refractivity contribution >= 4 is 16.9 Å². The minimum absolute atomic E-state index is 0.107. The minimum atomic E-state index is -2.19. The van der Waals surface area contributed by atoms with Gasteiger partial charge in [-0.25, -0.2) is 9.78 Å². The zero-order valence-corrected chi connectivity index (χ0v) is 17.2. The van der Waals surface area contributed by atoms with Crippen LogP contribution in [0.1, 0.15) is 35.6 Å². The molecule has 1 atom stereocenters. The van der Waals surface area contributed by atoms with Crippen molar-refractivity contribution in [1.29, 1.82) is 0 Å². The maximum atomic E-state index is 13.3. The number of benzene rings is 1. The quantitative estimate of drug-likeness (QED) is 0.507. The molecule has 2 aliphatic heterocycles. The van der Waals surface area contributed by atoms with Gasteiger partial charge in [-0.1, -0.05) is 13.0 Å². The monoisotopic (exact) mass is 424 g/mol. The Morgan fingerprint density at radius 2 is 2.13 bits per heavy atom. The summed E-state index contributed by atoms with van der Waals surface area (Å²) in [6, 6.07) is 7.21. The van der Waals surface area contributed by atoms with Gasteiger partial charge in [0.1, 0.15) is 12.4 Å². The average Bonchev–Trinajstić information content (AvgIpc) is 3.14. The number of aromatic nitrogens is 2. The molecule has 0 radical (unpaired) electrons. The minimum Gasteiger partial charge on any atom is -0.496 e. The van der Waals surface area contributed by atoms with Crippen LogP contribution in [-0.2, 0) is 34.7 Å². The van der Waals surface area contributed by atoms with E-state index in [9.17, 15) is 19.1 Å². The van der Waals surface area contributed by atoms with Crippen LogP contribution in [0.25, 0.3) is 22.3 Å². The first-order valence-electron chi connectivity index (χ1n) is 10.2. The maximum Gasteiger partial charge on any atom is 0.343 e. The number of methoxy groups -OCH3 is 1. The molecule has 0 saturated carbocycles. The number of esters is 1. The fraction of sp³-hybridized carbons (Fsp3) is 0.348. The first-order chi connectivity index (χ1) is 14.9. The molecule has 2 aromatic heterocycles. The second-order valence-corrected chi connectivity index (χ2v) is 7.81. The van der Waals surface area contributed by atoms with Crippen LogP contribution in [0.5, 0.6) is 5.75 Å². The van der Waals surface area contributed by atoms with Gasteiger partial charge in [-0.15, -0.1) is 0 Å². The molecule has 0 aliphatic carbocycles. The van der Waals surface area contributed by atoms with Crippen LogP contribution < -0.4 is 10.3 Å². The topological polar surface area (TPSA) is 90.6 Å². The summed E-state index contributed by atoms with van der Waals surface area (Å²) in [6.07, 6.45) is 0.231. The van der Waals surface area contributed by atoms with Gasteiger partial charge in [-0.3, -0.25) is 9.18 Å². The number of aliphatic hydroxyl groups is 1. The van der Waals surface area contributed by atoms with Crippen molar-refractivity contribution in [2.45, 2.75) is 38.5 Å². The van der Waals surface area contributed by atoms with Crippen molar-refractivity contribution < 1.29 is 23.8 Å². The molecule has 1 N–H and O–H groups in total. The number of rotatable bonds is 4. The van der Waals surface area contributed by atoms with E-state index in [1.807, 2.05) is 25.1 Å². The maximum absolute atomic E-state index is 13.3. The summed E-state index contributed by atoms with van der Waals surface area (Å²) in [5.74, 6) is -0.228. The molecule has 1 aromatic carbocycles. The van der Waals surface area contributed by atoms with E-state index in [1.54, 1.807) is 17.7 Å². The number of carbonyl (C=O) groups excluding carboxylic acids is 1. The summed E-state index contributed by atoms with van der Waals surface area (Å²) in [4.78, 5) is 30.4. The Morgan fingerprint density at radius 3 is 2.84 bits per heavy atom. The van der Waals surface area contributed by atoms with Gasteiger partial charge in [0.25, 0.3) is 5.56 Å². The summed E-state index contributed by atoms with van der Waals surface area (Å²) < 4.78 is 25.3. The Balaban J connectivity index is 1.82. The van der Waals surface area contributed by atoms with Crippen LogP contribution in [0.3, 0.4) is 0 Å². The molecule has 0 bridgehead atoms. The van der Waals surface area contributed by atoms with E-state index in [4.69, 9.17) is 14.5 Å². The van der Waals surface area contributed by atoms with Crippen LogP contribution in [0.2, 0.25) is 0 Å². The molecule has 0 fully saturated rings. The molecule has 2 aliphatic rings. The third kappa shape index (κ3) is 2.57. The van der Waals surface area contributed by atoms with E-state index in [2.05, 4.69) is 0 Å². The first-order valence-corrected chi connectivity index (χ1v) is 10.2. The standard InChI is InChI=1S/C23H21FN2O5/c1-3-12-13-10-26-17(20(13)25-16-5-4-6-18(30-2)19(12)16)9-15-14(21(26)27)11-31-22(28)23(15,29)7-8-24/h4-6,9,29H,3,7-8,10-11H2,1-2H3. The van der Waals surface area contributed by atoms with Gasteiger partial charge in [0.2, 0.25) is 0 Å². The molecule has 7 nitrogen and oxygen atoms in total. The van der Waals surface area contributed by atoms with Crippen molar-refractivity contribution in [2.24, 2.45) is 0 Å². The van der Waals surface area contributed by atoms with Crippen molar-refractivity contribution in [3.05, 3.63) is 56.9 Å². The third-order valence-corrected chi connectivity index (χ3v) is 6.31. The van der Waals surface area contributed by atoms with Crippen LogP contribution in [0.15, 0.2) is 29.1 Å². The van der Waals surface area contributed by atoms with E-state index in [1.165, 1.54) is 0 Å². The Labute approximate surface area is 177 Å². The second kappa shape index (κ2) is 6.88. The number of hydrogen-bond donors (Lipinski definition) is 1. The molecule has 0 saturated heterocycles. The van der Waals surface area contributed by atoms with Crippen LogP contribution in [0.4, 0.5) is 4.39 Å². The lowest BCUT2D eigenvalue weighted by molar-refractivity contribution is -0.173. The molecule has 3 aromatic rings. The van der Waals surface area contributed by atoms with Crippen molar-refractivity contribution in [3.63, 3.8) is 0 Å². The Morgan fingerprint density at radius 1 is 1.32 bits per heavy atom. The van der Waals surface area contributed by atoms with Gasteiger partial charge in [-0.2, -0.15) is 0 Å². The summed E-state index contributed by atoms with van der Waals surface area (Å²) in [7, 11) is 1.61. The van der Waals surface area contributed by atoms with Gasteiger partial charge in [0.05, 0.1) is 42.8 Å². The van der Waals surface area contributed by atoms with Gasteiger partial charge in [-0.05, 0) is 30.2 Å². The highest BCUT2D eigenvalue weighted by molar-refractivity contribution is 5.93. The number of cyclic esters (lactones) is 1. The van der Waals surface area contributed by atoms with Crippen LogP contribution in [0, 0.1) is 0 Å². The van der Waals surface area contributed by atoms with E-state index in [-0.39, 0.29) is 23.3 Å². The molecular weight excluding hydrogens is 403 g/mol. The van der Waals surface area contributed by atoms with Gasteiger partial charge in [0, 0.05) is 22.9 Å². The Kier molecular flexibility index (Phi) is 4.37. The average molecular weight is 424 g/mol. The van der Waals surface area contributed by atoms with Crippen molar-refractivity contribution in [3.8, 4) is 17.1 Å². The number of fused-ring (bicyclic) bond motifs is 5. The van der Waals surface area contributed by atoms with E-state index in [0.29, 0.717) is 30.1 Å². The summed E-state index contributed by atoms with van der Waals surface area (Å²) >= 11 is 0. The predicted octanol–water partition coefficient (Wildman–Crippen LogP) is 2.60. The first kappa shape index (κ1) is 19.7. The number of carbonyl (C=O) groups is 1. The van der Waals surface area contributed by atoms with Crippen LogP contribution in [-0.4, -0.2) is 34.4 Å². The lowest BCUT2D eigenvalue weighted by Crippen LogP contribution is -2.45. The SMILES string of the molecule is CCc1c2c(nc3cccc(OC)c13)-c1cc3c(c(=O)n1C2)COC(=O)C3(O)CCF. The van der Waals surface area contributed by atoms with Gasteiger partial charge >= 0.3 is 5.97 Å². The molecule has 1 unspecified atom stereocenters. The summed E-state index contributed by atoms with van der Waals surface area (Å²) in [5.41, 5.74) is 1.52. The number of ether oxygens (including phenoxy) is 2. The molecule has 4 heterocycles. The molecule has 0 amide bonds. The molecule has 31 heavy (non-hydrogen) atoms. The Bertz CT molecular complexity index is 1320. The van der Waals surface area contributed by atoms with E-state index < -0.39 is 24.7 Å². The third-order valence-electron chi connectivity index (χ3n) is 6.31. The zero-order valence-electron chi connectivity index (χ0n) is 17.2. The molecule has 8 heteroatoms. The van der Waals surface area contributed by atoms with E-state index >= 15 is 0 Å². The summed E-state index contributed by atoms with van der Waals surface area (Å²) in [6.45, 7) is 1.17. The normalized spacial score (nSPS) is 19.0. The number of pyridine rings is 2.